The van der Waals surface area contributed by atoms with Crippen LogP contribution in [-0.2, 0) is 27.0 Å². The Kier molecular flexibility index (Phi) is 11.7. The summed E-state index contributed by atoms with van der Waals surface area (Å²) in [5, 5.41) is 47.0. The van der Waals surface area contributed by atoms with Gasteiger partial charge in [-0.3, -0.25) is 19.3 Å². The second kappa shape index (κ2) is 15.8. The largest absolute Gasteiger partial charge is 0.508 e. The van der Waals surface area contributed by atoms with E-state index in [0.29, 0.717) is 11.3 Å². The molecule has 3 aliphatic rings. The van der Waals surface area contributed by atoms with Crippen LogP contribution in [0.3, 0.4) is 0 Å². The molecule has 0 aromatic heterocycles. The van der Waals surface area contributed by atoms with Crippen LogP contribution in [0.2, 0.25) is 0 Å². The zero-order valence-corrected chi connectivity index (χ0v) is 31.0. The van der Waals surface area contributed by atoms with E-state index in [9.17, 15) is 48.0 Å². The molecular formula is C40H45F3N4O8. The van der Waals surface area contributed by atoms with Gasteiger partial charge < -0.3 is 41.1 Å². The van der Waals surface area contributed by atoms with E-state index in [2.05, 4.69) is 5.32 Å². The summed E-state index contributed by atoms with van der Waals surface area (Å²) >= 11 is 0. The van der Waals surface area contributed by atoms with Gasteiger partial charge in [-0.2, -0.15) is 13.2 Å². The molecule has 55 heavy (non-hydrogen) atoms. The minimum Gasteiger partial charge on any atom is -0.508 e. The van der Waals surface area contributed by atoms with Gasteiger partial charge >= 0.3 is 6.18 Å². The SMILES string of the molecule is CN(C)c1ccc(O)c2c1C[C@H]1C[C@H]3[C@H](N(C)C)C(=O)C(C(N)=O)=C(O)[C@@]3(O)C(=O)C1=C2O.CNCCC(Oc1ccc(C(F)(F)F)cc1)c1ccccc1. The van der Waals surface area contributed by atoms with E-state index in [4.69, 9.17) is 10.5 Å². The fraction of sp³-hybridized carbons (Fsp3) is 0.375. The van der Waals surface area contributed by atoms with Gasteiger partial charge in [0.15, 0.2) is 11.4 Å². The average molecular weight is 767 g/mol. The summed E-state index contributed by atoms with van der Waals surface area (Å²) in [6.07, 6.45) is -3.49. The number of aliphatic hydroxyl groups is 3. The maximum absolute atomic E-state index is 13.7. The van der Waals surface area contributed by atoms with E-state index >= 15 is 0 Å². The van der Waals surface area contributed by atoms with Crippen molar-refractivity contribution in [3.63, 3.8) is 0 Å². The standard InChI is InChI=1S/C23H27N3O7.C17H18F3NO/c1-25(2)12-5-6-13(27)15-10(12)7-9-8-11-17(26(3)4)19(29)16(22(24)32)21(31)23(11,33)20(30)14(9)18(15)28;1-21-12-11-16(13-5-3-2-4-6-13)22-15-9-7-14(8-10-15)17(18,19)20/h5-6,9,11,17,27-28,31,33H,7-8H2,1-4H3,(H2,24,32);2-10,16,21H,11-12H2,1H3/t9-,11-,17-,23-;/m0./s1. The number of anilines is 1. The number of nitrogens with zero attached hydrogens (tertiary/aromatic N) is 2. The number of hydrogen-bond donors (Lipinski definition) is 6. The molecule has 1 saturated carbocycles. The van der Waals surface area contributed by atoms with Crippen LogP contribution < -0.4 is 20.7 Å². The first-order chi connectivity index (χ1) is 25.8. The smallest absolute Gasteiger partial charge is 0.416 e. The second-order valence-corrected chi connectivity index (χ2v) is 14.2. The van der Waals surface area contributed by atoms with Gasteiger partial charge in [0.25, 0.3) is 5.91 Å². The number of ether oxygens (including phenoxy) is 1. The Balaban J connectivity index is 0.000000229. The number of fused-ring (bicyclic) bond motifs is 3. The van der Waals surface area contributed by atoms with Crippen molar-refractivity contribution in [1.29, 1.82) is 0 Å². The van der Waals surface area contributed by atoms with E-state index in [1.165, 1.54) is 23.1 Å². The number of nitrogens with one attached hydrogen (secondary N) is 1. The molecule has 5 atom stereocenters. The van der Waals surface area contributed by atoms with Gasteiger partial charge in [0, 0.05) is 37.7 Å². The lowest BCUT2D eigenvalue weighted by molar-refractivity contribution is -0.153. The number of halogens is 3. The monoisotopic (exact) mass is 766 g/mol. The summed E-state index contributed by atoms with van der Waals surface area (Å²) in [4.78, 5) is 42.0. The van der Waals surface area contributed by atoms with E-state index in [1.54, 1.807) is 20.2 Å². The predicted molar refractivity (Wildman–Crippen MR) is 198 cm³/mol. The van der Waals surface area contributed by atoms with Crippen molar-refractivity contribution in [3.8, 4) is 11.5 Å². The molecule has 1 fully saturated rings. The number of aliphatic hydroxyl groups excluding tert-OH is 2. The van der Waals surface area contributed by atoms with Gasteiger partial charge in [-0.05, 0) is 94.0 Å². The van der Waals surface area contributed by atoms with Crippen molar-refractivity contribution in [1.82, 2.24) is 10.2 Å². The molecule has 12 nitrogen and oxygen atoms in total. The van der Waals surface area contributed by atoms with E-state index in [-0.39, 0.29) is 35.8 Å². The molecule has 15 heteroatoms. The van der Waals surface area contributed by atoms with E-state index in [1.807, 2.05) is 56.4 Å². The number of nitrogens with two attached hydrogens (primary N) is 1. The average Bonchev–Trinajstić information content (AvgIpc) is 3.11. The number of ketones is 2. The molecule has 1 amide bonds. The van der Waals surface area contributed by atoms with Gasteiger partial charge in [-0.1, -0.05) is 30.3 Å². The molecule has 0 aliphatic heterocycles. The number of rotatable bonds is 9. The van der Waals surface area contributed by atoms with Crippen LogP contribution in [0.25, 0.3) is 5.76 Å². The van der Waals surface area contributed by atoms with E-state index < -0.39 is 69.8 Å². The Morgan fingerprint density at radius 2 is 1.64 bits per heavy atom. The summed E-state index contributed by atoms with van der Waals surface area (Å²) in [7, 11) is 8.60. The third-order valence-electron chi connectivity index (χ3n) is 10.3. The topological polar surface area (TPSA) is 186 Å². The van der Waals surface area contributed by atoms with Crippen molar-refractivity contribution in [2.75, 3.05) is 46.7 Å². The van der Waals surface area contributed by atoms with Gasteiger partial charge in [-0.15, -0.1) is 0 Å². The Morgan fingerprint density at radius 1 is 1.00 bits per heavy atom. The number of carbonyl (C=O) groups is 3. The molecule has 0 bridgehead atoms. The number of likely N-dealkylation sites (N-methyl/N-ethyl adjacent to an activating group) is 1. The number of primary amides is 1. The normalized spacial score (nSPS) is 22.6. The van der Waals surface area contributed by atoms with Crippen molar-refractivity contribution in [2.45, 2.75) is 43.2 Å². The fourth-order valence-corrected chi connectivity index (χ4v) is 7.77. The quantitative estimate of drug-likeness (QED) is 0.169. The van der Waals surface area contributed by atoms with Crippen LogP contribution in [0.1, 0.15) is 41.2 Å². The second-order valence-electron chi connectivity index (χ2n) is 14.2. The number of phenols is 1. The zero-order valence-electron chi connectivity index (χ0n) is 31.0. The molecule has 1 unspecified atom stereocenters. The van der Waals surface area contributed by atoms with Crippen LogP contribution in [0, 0.1) is 11.8 Å². The van der Waals surface area contributed by atoms with Crippen LogP contribution in [0.4, 0.5) is 18.9 Å². The van der Waals surface area contributed by atoms with Crippen molar-refractivity contribution in [3.05, 3.63) is 106 Å². The lowest BCUT2D eigenvalue weighted by atomic mass is 9.57. The van der Waals surface area contributed by atoms with Gasteiger partial charge in [0.2, 0.25) is 5.78 Å². The zero-order chi connectivity index (χ0) is 40.6. The van der Waals surface area contributed by atoms with Crippen LogP contribution in [0.15, 0.2) is 83.6 Å². The minimum atomic E-state index is -4.33. The number of aromatic hydroxyl groups is 1. The van der Waals surface area contributed by atoms with Crippen LogP contribution in [-0.4, -0.2) is 96.2 Å². The summed E-state index contributed by atoms with van der Waals surface area (Å²) < 4.78 is 43.6. The molecule has 3 aromatic carbocycles. The Labute approximate surface area is 316 Å². The number of amides is 1. The number of hydrogen-bond acceptors (Lipinski definition) is 11. The molecule has 6 rings (SSSR count). The first kappa shape index (κ1) is 40.8. The lowest BCUT2D eigenvalue weighted by Crippen LogP contribution is -2.65. The highest BCUT2D eigenvalue weighted by Crippen LogP contribution is 2.53. The molecule has 0 spiro atoms. The van der Waals surface area contributed by atoms with Crippen molar-refractivity contribution in [2.24, 2.45) is 17.6 Å². The molecule has 0 saturated heterocycles. The number of benzene rings is 3. The van der Waals surface area contributed by atoms with Crippen molar-refractivity contribution < 1.29 is 52.7 Å². The fourth-order valence-electron chi connectivity index (χ4n) is 7.77. The maximum Gasteiger partial charge on any atom is 0.416 e. The Morgan fingerprint density at radius 3 is 2.18 bits per heavy atom. The Hall–Kier alpha value is -5.38. The maximum atomic E-state index is 13.7. The molecule has 0 heterocycles. The van der Waals surface area contributed by atoms with Crippen LogP contribution in [0.5, 0.6) is 11.5 Å². The minimum absolute atomic E-state index is 0.0638. The highest BCUT2D eigenvalue weighted by Gasteiger charge is 2.64. The molecular weight excluding hydrogens is 721 g/mol. The highest BCUT2D eigenvalue weighted by molar-refractivity contribution is 6.24. The predicted octanol–water partition coefficient (Wildman–Crippen LogP) is 4.47. The van der Waals surface area contributed by atoms with Gasteiger partial charge in [0.05, 0.1) is 17.2 Å². The summed E-state index contributed by atoms with van der Waals surface area (Å²) in [5.41, 5.74) is 3.47. The van der Waals surface area contributed by atoms with E-state index in [0.717, 1.165) is 36.3 Å². The molecule has 3 aromatic rings. The Bertz CT molecular complexity index is 2010. The highest BCUT2D eigenvalue weighted by atomic mass is 19.4. The molecule has 3 aliphatic carbocycles. The summed E-state index contributed by atoms with van der Waals surface area (Å²) in [6.45, 7) is 0.750. The molecule has 7 N–H and O–H groups in total. The third kappa shape index (κ3) is 7.64. The van der Waals surface area contributed by atoms with Crippen LogP contribution >= 0.6 is 0 Å². The summed E-state index contributed by atoms with van der Waals surface area (Å²) in [5.74, 6) is -6.11. The van der Waals surface area contributed by atoms with Gasteiger partial charge in [0.1, 0.15) is 34.7 Å². The number of carbonyl (C=O) groups excluding carboxylic acids is 3. The number of Topliss-reactive ketones (excluding diaryl/α,β-unsaturated/α-hetero) is 2. The molecule has 0 radical (unpaired) electrons. The third-order valence-corrected chi connectivity index (χ3v) is 10.3. The summed E-state index contributed by atoms with van der Waals surface area (Å²) in [6, 6.07) is 16.4. The van der Waals surface area contributed by atoms with Gasteiger partial charge in [-0.25, -0.2) is 0 Å². The lowest BCUT2D eigenvalue weighted by Gasteiger charge is -2.50. The molecule has 294 valence electrons. The number of phenolic OH excluding ortho intramolecular Hbond substituents is 1. The number of alkyl halides is 3. The first-order valence-corrected chi connectivity index (χ1v) is 17.5. The first-order valence-electron chi connectivity index (χ1n) is 17.5. The van der Waals surface area contributed by atoms with Crippen molar-refractivity contribution >= 4 is 28.9 Å².